The van der Waals surface area contributed by atoms with E-state index in [0.29, 0.717) is 12.1 Å². The van der Waals surface area contributed by atoms with Gasteiger partial charge in [-0.25, -0.2) is 0 Å². The van der Waals surface area contributed by atoms with Crippen LogP contribution in [0.1, 0.15) is 57.1 Å². The third kappa shape index (κ3) is 2.59. The van der Waals surface area contributed by atoms with Gasteiger partial charge in [-0.2, -0.15) is 0 Å². The largest absolute Gasteiger partial charge is 0.465 e. The zero-order chi connectivity index (χ0) is 13.4. The summed E-state index contributed by atoms with van der Waals surface area (Å²) in [5.41, 5.74) is 0. The smallest absolute Gasteiger partial charge is 0.121 e. The van der Waals surface area contributed by atoms with Crippen LogP contribution in [-0.2, 0) is 0 Å². The van der Waals surface area contributed by atoms with Crippen LogP contribution in [0.5, 0.6) is 0 Å². The molecular formula is C16H26N2O. The van der Waals surface area contributed by atoms with Crippen LogP contribution >= 0.6 is 0 Å². The van der Waals surface area contributed by atoms with Gasteiger partial charge in [0.15, 0.2) is 0 Å². The van der Waals surface area contributed by atoms with E-state index in [1.54, 1.807) is 0 Å². The Kier molecular flexibility index (Phi) is 3.68. The number of aryl methyl sites for hydroxylation is 1. The lowest BCUT2D eigenvalue weighted by atomic mass is 9.96. The topological polar surface area (TPSA) is 28.4 Å². The highest BCUT2D eigenvalue weighted by Crippen LogP contribution is 2.34. The van der Waals surface area contributed by atoms with Gasteiger partial charge in [0.2, 0.25) is 0 Å². The highest BCUT2D eigenvalue weighted by molar-refractivity contribution is 5.10. The maximum atomic E-state index is 5.83. The number of furan rings is 1. The van der Waals surface area contributed by atoms with Crippen molar-refractivity contribution < 1.29 is 4.42 Å². The lowest BCUT2D eigenvalue weighted by Gasteiger charge is -2.40. The summed E-state index contributed by atoms with van der Waals surface area (Å²) in [5.74, 6) is 2.13. The summed E-state index contributed by atoms with van der Waals surface area (Å²) in [6.45, 7) is 7.68. The lowest BCUT2D eigenvalue weighted by molar-refractivity contribution is 0.0959. The summed E-state index contributed by atoms with van der Waals surface area (Å²) in [6.07, 6.45) is 5.34. The van der Waals surface area contributed by atoms with Crippen LogP contribution in [0.15, 0.2) is 16.5 Å². The van der Waals surface area contributed by atoms with Crippen LogP contribution in [0, 0.1) is 6.92 Å². The molecule has 0 aliphatic carbocycles. The first-order valence-corrected chi connectivity index (χ1v) is 7.75. The summed E-state index contributed by atoms with van der Waals surface area (Å²) in [4.78, 5) is 2.63. The first kappa shape index (κ1) is 13.2. The Labute approximate surface area is 116 Å². The quantitative estimate of drug-likeness (QED) is 0.903. The molecule has 3 atom stereocenters. The fourth-order valence-corrected chi connectivity index (χ4v) is 3.99. The molecule has 106 valence electrons. The Balaban J connectivity index is 1.73. The molecule has 0 amide bonds. The van der Waals surface area contributed by atoms with E-state index in [1.807, 2.05) is 6.92 Å². The minimum absolute atomic E-state index is 0.390. The number of fused-ring (bicyclic) bond motifs is 2. The molecule has 2 bridgehead atoms. The van der Waals surface area contributed by atoms with E-state index < -0.39 is 0 Å². The second-order valence-corrected chi connectivity index (χ2v) is 6.22. The fourth-order valence-electron chi connectivity index (χ4n) is 3.99. The van der Waals surface area contributed by atoms with E-state index >= 15 is 0 Å². The second-order valence-electron chi connectivity index (χ2n) is 6.22. The third-order valence-corrected chi connectivity index (χ3v) is 4.95. The van der Waals surface area contributed by atoms with Crippen LogP contribution in [-0.4, -0.2) is 29.6 Å². The van der Waals surface area contributed by atoms with Gasteiger partial charge in [0.05, 0.1) is 6.04 Å². The predicted octanol–water partition coefficient (Wildman–Crippen LogP) is 3.25. The molecule has 2 aliphatic rings. The van der Waals surface area contributed by atoms with E-state index in [2.05, 4.69) is 36.2 Å². The van der Waals surface area contributed by atoms with Crippen molar-refractivity contribution >= 4 is 0 Å². The summed E-state index contributed by atoms with van der Waals surface area (Å²) in [7, 11) is 0. The van der Waals surface area contributed by atoms with Crippen LogP contribution < -0.4 is 5.32 Å². The molecule has 3 heteroatoms. The minimum atomic E-state index is 0.390. The Hall–Kier alpha value is -0.800. The average Bonchev–Trinajstić information content (AvgIpc) is 2.97. The van der Waals surface area contributed by atoms with Gasteiger partial charge in [-0.3, -0.25) is 4.90 Å². The van der Waals surface area contributed by atoms with Gasteiger partial charge in [-0.15, -0.1) is 0 Å². The molecule has 2 aliphatic heterocycles. The second kappa shape index (κ2) is 5.29. The van der Waals surface area contributed by atoms with E-state index in [9.17, 15) is 0 Å². The van der Waals surface area contributed by atoms with Gasteiger partial charge in [0, 0.05) is 18.1 Å². The maximum absolute atomic E-state index is 5.83. The van der Waals surface area contributed by atoms with E-state index in [1.165, 1.54) is 25.7 Å². The standard InChI is InChI=1S/C16H26N2O/c1-4-18(12(3)16-8-5-11(2)19-16)15-9-13-6-7-14(10-15)17-13/h5,8,12-15,17H,4,6-7,9-10H2,1-3H3. The number of nitrogens with one attached hydrogen (secondary N) is 1. The molecule has 0 spiro atoms. The van der Waals surface area contributed by atoms with Crippen molar-refractivity contribution in [3.8, 4) is 0 Å². The number of rotatable bonds is 4. The molecule has 3 nitrogen and oxygen atoms in total. The molecule has 0 radical (unpaired) electrons. The Morgan fingerprint density at radius 3 is 2.53 bits per heavy atom. The molecule has 2 saturated heterocycles. The molecule has 19 heavy (non-hydrogen) atoms. The molecule has 3 rings (SSSR count). The molecule has 2 fully saturated rings. The van der Waals surface area contributed by atoms with Crippen molar-refractivity contribution in [2.75, 3.05) is 6.54 Å². The molecule has 1 N–H and O–H groups in total. The van der Waals surface area contributed by atoms with Crippen LogP contribution in [0.25, 0.3) is 0 Å². The number of hydrogen-bond donors (Lipinski definition) is 1. The molecule has 1 aromatic rings. The van der Waals surface area contributed by atoms with Crippen molar-refractivity contribution in [3.63, 3.8) is 0 Å². The van der Waals surface area contributed by atoms with E-state index in [4.69, 9.17) is 4.42 Å². The Bertz CT molecular complexity index is 416. The zero-order valence-corrected chi connectivity index (χ0v) is 12.4. The Morgan fingerprint density at radius 1 is 1.32 bits per heavy atom. The molecule has 3 unspecified atom stereocenters. The van der Waals surface area contributed by atoms with Crippen molar-refractivity contribution in [1.82, 2.24) is 10.2 Å². The van der Waals surface area contributed by atoms with Gasteiger partial charge in [0.1, 0.15) is 11.5 Å². The van der Waals surface area contributed by atoms with Gasteiger partial charge < -0.3 is 9.73 Å². The van der Waals surface area contributed by atoms with Crippen LogP contribution in [0.3, 0.4) is 0 Å². The first-order chi connectivity index (χ1) is 9.17. The van der Waals surface area contributed by atoms with Crippen molar-refractivity contribution in [1.29, 1.82) is 0 Å². The summed E-state index contributed by atoms with van der Waals surface area (Å²) >= 11 is 0. The van der Waals surface area contributed by atoms with Crippen LogP contribution in [0.2, 0.25) is 0 Å². The molecule has 0 aromatic carbocycles. The van der Waals surface area contributed by atoms with E-state index in [-0.39, 0.29) is 0 Å². The van der Waals surface area contributed by atoms with E-state index in [0.717, 1.165) is 30.1 Å². The Morgan fingerprint density at radius 2 is 2.00 bits per heavy atom. The highest BCUT2D eigenvalue weighted by atomic mass is 16.3. The molecular weight excluding hydrogens is 236 g/mol. The minimum Gasteiger partial charge on any atom is -0.465 e. The normalized spacial score (nSPS) is 31.9. The van der Waals surface area contributed by atoms with Crippen molar-refractivity contribution in [2.45, 2.75) is 70.6 Å². The average molecular weight is 262 g/mol. The van der Waals surface area contributed by atoms with Gasteiger partial charge >= 0.3 is 0 Å². The zero-order valence-electron chi connectivity index (χ0n) is 12.4. The van der Waals surface area contributed by atoms with Gasteiger partial charge in [-0.1, -0.05) is 6.92 Å². The lowest BCUT2D eigenvalue weighted by Crippen LogP contribution is -2.48. The summed E-state index contributed by atoms with van der Waals surface area (Å²) in [6, 6.07) is 6.82. The molecule has 3 heterocycles. The van der Waals surface area contributed by atoms with Gasteiger partial charge in [0.25, 0.3) is 0 Å². The molecule has 0 saturated carbocycles. The number of nitrogens with zero attached hydrogens (tertiary/aromatic N) is 1. The summed E-state index contributed by atoms with van der Waals surface area (Å²) in [5, 5.41) is 3.73. The van der Waals surface area contributed by atoms with Crippen molar-refractivity contribution in [2.24, 2.45) is 0 Å². The highest BCUT2D eigenvalue weighted by Gasteiger charge is 2.37. The monoisotopic (exact) mass is 262 g/mol. The van der Waals surface area contributed by atoms with Crippen molar-refractivity contribution in [3.05, 3.63) is 23.7 Å². The third-order valence-electron chi connectivity index (χ3n) is 4.95. The SMILES string of the molecule is CCN(C1CC2CCC(C1)N2)C(C)c1ccc(C)o1. The number of piperidine rings is 1. The fraction of sp³-hybridized carbons (Fsp3) is 0.750. The molecule has 1 aromatic heterocycles. The summed E-state index contributed by atoms with van der Waals surface area (Å²) < 4.78 is 5.83. The first-order valence-electron chi connectivity index (χ1n) is 7.75. The van der Waals surface area contributed by atoms with Crippen LogP contribution in [0.4, 0.5) is 0 Å². The predicted molar refractivity (Wildman–Crippen MR) is 77.2 cm³/mol. The maximum Gasteiger partial charge on any atom is 0.121 e. The van der Waals surface area contributed by atoms with Gasteiger partial charge in [-0.05, 0) is 58.2 Å². The number of hydrogen-bond acceptors (Lipinski definition) is 3.